The molecule has 1 fully saturated rings. The Balaban J connectivity index is 2.49. The first-order valence-corrected chi connectivity index (χ1v) is 7.01. The number of rotatable bonds is 5. The lowest BCUT2D eigenvalue weighted by atomic mass is 10.00. The van der Waals surface area contributed by atoms with E-state index >= 15 is 0 Å². The zero-order chi connectivity index (χ0) is 17.2. The van der Waals surface area contributed by atoms with Crippen LogP contribution in [0.5, 0.6) is 5.75 Å². The van der Waals surface area contributed by atoms with E-state index in [-0.39, 0.29) is 24.5 Å². The Bertz CT molecular complexity index is 633. The van der Waals surface area contributed by atoms with Crippen LogP contribution in [0.15, 0.2) is 12.1 Å². The molecule has 1 amide bonds. The van der Waals surface area contributed by atoms with Crippen LogP contribution in [0.4, 0.5) is 19.3 Å². The quantitative estimate of drug-likeness (QED) is 0.777. The lowest BCUT2D eigenvalue weighted by Gasteiger charge is -2.22. The van der Waals surface area contributed by atoms with E-state index in [2.05, 4.69) is 4.74 Å². The van der Waals surface area contributed by atoms with Crippen molar-refractivity contribution in [2.75, 3.05) is 31.8 Å². The van der Waals surface area contributed by atoms with Gasteiger partial charge in [0.05, 0.1) is 31.5 Å². The molecule has 0 radical (unpaired) electrons. The molecule has 23 heavy (non-hydrogen) atoms. The Morgan fingerprint density at radius 3 is 2.65 bits per heavy atom. The summed E-state index contributed by atoms with van der Waals surface area (Å²) >= 11 is 0. The van der Waals surface area contributed by atoms with E-state index < -0.39 is 23.5 Å². The largest absolute Gasteiger partial charge is 0.496 e. The summed E-state index contributed by atoms with van der Waals surface area (Å²) in [7, 11) is 1.21. The Hall–Kier alpha value is -2.38. The summed E-state index contributed by atoms with van der Waals surface area (Å²) in [6.07, 6.45) is -0.559. The van der Waals surface area contributed by atoms with Gasteiger partial charge in [-0.3, -0.25) is 4.90 Å². The topological polar surface area (TPSA) is 65.1 Å². The summed E-state index contributed by atoms with van der Waals surface area (Å²) < 4.78 is 43.0. The number of halogens is 2. The van der Waals surface area contributed by atoms with Crippen molar-refractivity contribution in [3.63, 3.8) is 0 Å². The summed E-state index contributed by atoms with van der Waals surface area (Å²) in [5, 5.41) is 0. The number of nitrogens with zero attached hydrogens (tertiary/aromatic N) is 1. The van der Waals surface area contributed by atoms with Crippen LogP contribution in [0, 0.1) is 6.92 Å². The molecule has 0 aromatic heterocycles. The van der Waals surface area contributed by atoms with E-state index in [1.165, 1.54) is 38.0 Å². The molecule has 0 bridgehead atoms. The third-order valence-corrected chi connectivity index (χ3v) is 3.42. The minimum absolute atomic E-state index is 0.108. The van der Waals surface area contributed by atoms with E-state index in [0.29, 0.717) is 12.2 Å². The fourth-order valence-corrected chi connectivity index (χ4v) is 2.41. The van der Waals surface area contributed by atoms with Crippen molar-refractivity contribution in [3.05, 3.63) is 23.3 Å². The molecule has 0 N–H and O–H groups in total. The molecule has 1 aliphatic rings. The van der Waals surface area contributed by atoms with Crippen molar-refractivity contribution < 1.29 is 32.6 Å². The van der Waals surface area contributed by atoms with Crippen molar-refractivity contribution in [2.24, 2.45) is 0 Å². The first kappa shape index (κ1) is 17.0. The summed E-state index contributed by atoms with van der Waals surface area (Å²) in [5.41, 5.74) is -0.0999. The number of ether oxygens (including phenoxy) is 3. The first-order valence-electron chi connectivity index (χ1n) is 7.01. The van der Waals surface area contributed by atoms with E-state index in [9.17, 15) is 18.4 Å². The average Bonchev–Trinajstić information content (AvgIpc) is 2.92. The van der Waals surface area contributed by atoms with Gasteiger partial charge < -0.3 is 14.2 Å². The van der Waals surface area contributed by atoms with Crippen LogP contribution in [0.25, 0.3) is 0 Å². The highest BCUT2D eigenvalue weighted by atomic mass is 19.3. The molecule has 126 valence electrons. The van der Waals surface area contributed by atoms with Gasteiger partial charge in [0.2, 0.25) is 0 Å². The molecule has 1 aromatic carbocycles. The van der Waals surface area contributed by atoms with Gasteiger partial charge in [0, 0.05) is 6.07 Å². The van der Waals surface area contributed by atoms with Crippen molar-refractivity contribution in [1.29, 1.82) is 0 Å². The number of amides is 1. The first-order chi connectivity index (χ1) is 10.8. The van der Waals surface area contributed by atoms with E-state index in [1.54, 1.807) is 0 Å². The van der Waals surface area contributed by atoms with Crippen LogP contribution < -0.4 is 9.64 Å². The SMILES string of the molecule is CCOC(=O)C(F)(F)c1c(C)cc(N2CCOC2=O)cc1OC. The smallest absolute Gasteiger partial charge is 0.414 e. The van der Waals surface area contributed by atoms with Gasteiger partial charge in [-0.2, -0.15) is 8.78 Å². The number of esters is 1. The lowest BCUT2D eigenvalue weighted by Crippen LogP contribution is -2.30. The highest BCUT2D eigenvalue weighted by Gasteiger charge is 2.46. The number of aryl methyl sites for hydroxylation is 1. The summed E-state index contributed by atoms with van der Waals surface area (Å²) in [6.45, 7) is 3.24. The summed E-state index contributed by atoms with van der Waals surface area (Å²) in [4.78, 5) is 24.5. The van der Waals surface area contributed by atoms with Gasteiger partial charge in [0.25, 0.3) is 0 Å². The van der Waals surface area contributed by atoms with Crippen molar-refractivity contribution in [3.8, 4) is 5.75 Å². The van der Waals surface area contributed by atoms with E-state index in [0.717, 1.165) is 0 Å². The monoisotopic (exact) mass is 329 g/mol. The fraction of sp³-hybridized carbons (Fsp3) is 0.467. The Morgan fingerprint density at radius 1 is 1.43 bits per heavy atom. The molecule has 0 aliphatic carbocycles. The number of hydrogen-bond donors (Lipinski definition) is 0. The van der Waals surface area contributed by atoms with Crippen molar-refractivity contribution in [2.45, 2.75) is 19.8 Å². The Kier molecular flexibility index (Phi) is 4.72. The number of hydrogen-bond acceptors (Lipinski definition) is 5. The summed E-state index contributed by atoms with van der Waals surface area (Å²) in [5.74, 6) is -5.69. The zero-order valence-corrected chi connectivity index (χ0v) is 13.0. The van der Waals surface area contributed by atoms with Gasteiger partial charge in [0.15, 0.2) is 0 Å². The molecule has 1 aliphatic heterocycles. The second-order valence-electron chi connectivity index (χ2n) is 4.90. The van der Waals surface area contributed by atoms with Crippen LogP contribution in [0.3, 0.4) is 0 Å². The second-order valence-corrected chi connectivity index (χ2v) is 4.90. The standard InChI is InChI=1S/C15H17F2NO5/c1-4-22-13(19)15(16,17)12-9(2)7-10(8-11(12)21-3)18-5-6-23-14(18)20/h7-8H,4-6H2,1-3H3. The molecule has 1 heterocycles. The third-order valence-electron chi connectivity index (χ3n) is 3.42. The van der Waals surface area contributed by atoms with Gasteiger partial charge in [-0.25, -0.2) is 9.59 Å². The van der Waals surface area contributed by atoms with Gasteiger partial charge in [-0.05, 0) is 25.5 Å². The number of anilines is 1. The number of alkyl halides is 2. The Morgan fingerprint density at radius 2 is 2.13 bits per heavy atom. The number of cyclic esters (lactones) is 1. The minimum atomic E-state index is -3.85. The average molecular weight is 329 g/mol. The van der Waals surface area contributed by atoms with E-state index in [1.807, 2.05) is 0 Å². The van der Waals surface area contributed by atoms with Crippen LogP contribution in [-0.2, 0) is 20.2 Å². The van der Waals surface area contributed by atoms with Gasteiger partial charge in [-0.1, -0.05) is 0 Å². The maximum Gasteiger partial charge on any atom is 0.414 e. The lowest BCUT2D eigenvalue weighted by molar-refractivity contribution is -0.173. The van der Waals surface area contributed by atoms with Crippen LogP contribution in [-0.4, -0.2) is 38.9 Å². The van der Waals surface area contributed by atoms with Gasteiger partial charge in [-0.15, -0.1) is 0 Å². The van der Waals surface area contributed by atoms with Crippen LogP contribution in [0.2, 0.25) is 0 Å². The highest BCUT2D eigenvalue weighted by molar-refractivity contribution is 5.90. The fourth-order valence-electron chi connectivity index (χ4n) is 2.41. The molecule has 0 atom stereocenters. The molecule has 2 rings (SSSR count). The minimum Gasteiger partial charge on any atom is -0.496 e. The third kappa shape index (κ3) is 3.06. The Labute approximate surface area is 131 Å². The zero-order valence-electron chi connectivity index (χ0n) is 13.0. The summed E-state index contributed by atoms with van der Waals surface area (Å²) in [6, 6.07) is 2.67. The number of methoxy groups -OCH3 is 1. The molecule has 1 aromatic rings. The predicted molar refractivity (Wildman–Crippen MR) is 77.0 cm³/mol. The number of benzene rings is 1. The molecule has 0 spiro atoms. The molecule has 1 saturated heterocycles. The molecule has 6 nitrogen and oxygen atoms in total. The number of carbonyl (C=O) groups is 2. The highest BCUT2D eigenvalue weighted by Crippen LogP contribution is 2.41. The maximum absolute atomic E-state index is 14.4. The predicted octanol–water partition coefficient (Wildman–Crippen LogP) is 2.62. The molecule has 0 saturated carbocycles. The molecular formula is C15H17F2NO5. The molecule has 8 heteroatoms. The van der Waals surface area contributed by atoms with Crippen molar-refractivity contribution in [1.82, 2.24) is 0 Å². The second kappa shape index (κ2) is 6.39. The van der Waals surface area contributed by atoms with Gasteiger partial charge >= 0.3 is 18.0 Å². The van der Waals surface area contributed by atoms with Crippen LogP contribution in [0.1, 0.15) is 18.1 Å². The molecule has 0 unspecified atom stereocenters. The van der Waals surface area contributed by atoms with Crippen molar-refractivity contribution >= 4 is 17.7 Å². The normalized spacial score (nSPS) is 14.7. The van der Waals surface area contributed by atoms with E-state index in [4.69, 9.17) is 9.47 Å². The maximum atomic E-state index is 14.4. The van der Waals surface area contributed by atoms with Crippen LogP contribution >= 0.6 is 0 Å². The number of carbonyl (C=O) groups excluding carboxylic acids is 2. The molecular weight excluding hydrogens is 312 g/mol. The van der Waals surface area contributed by atoms with Gasteiger partial charge in [0.1, 0.15) is 12.4 Å².